The zero-order valence-electron chi connectivity index (χ0n) is 27.0. The predicted octanol–water partition coefficient (Wildman–Crippen LogP) is 9.50. The molecule has 4 rings (SSSR count). The Kier molecular flexibility index (Phi) is 7.32. The largest absolute Gasteiger partial charge is 0.414 e. The third kappa shape index (κ3) is 5.04. The number of fused-ring (bicyclic) bond motifs is 4. The van der Waals surface area contributed by atoms with E-state index in [2.05, 4.69) is 95.4 Å². The molecule has 0 aromatic heterocycles. The molecule has 3 aliphatic carbocycles. The van der Waals surface area contributed by atoms with Gasteiger partial charge in [-0.1, -0.05) is 80.4 Å². The molecule has 3 nitrogen and oxygen atoms in total. The predicted molar refractivity (Wildman–Crippen MR) is 162 cm³/mol. The van der Waals surface area contributed by atoms with Crippen molar-refractivity contribution >= 4 is 16.6 Å². The lowest BCUT2D eigenvalue weighted by Gasteiger charge is -2.55. The fourth-order valence-corrected chi connectivity index (χ4v) is 9.72. The second kappa shape index (κ2) is 9.03. The molecule has 1 aliphatic heterocycles. The monoisotopic (exact) mass is 548 g/mol. The first-order valence-corrected chi connectivity index (χ1v) is 21.1. The van der Waals surface area contributed by atoms with Gasteiger partial charge in [-0.2, -0.15) is 0 Å². The molecule has 0 bridgehead atoms. The van der Waals surface area contributed by atoms with E-state index >= 15 is 0 Å². The molecule has 6 atom stereocenters. The zero-order valence-corrected chi connectivity index (χ0v) is 29.0. The van der Waals surface area contributed by atoms with Gasteiger partial charge in [-0.15, -0.1) is 0 Å². The van der Waals surface area contributed by atoms with Crippen molar-refractivity contribution in [2.45, 2.75) is 162 Å². The van der Waals surface area contributed by atoms with Crippen molar-refractivity contribution in [3.63, 3.8) is 0 Å². The highest BCUT2D eigenvalue weighted by atomic mass is 28.4. The number of epoxide rings is 1. The smallest absolute Gasteiger partial charge is 0.192 e. The van der Waals surface area contributed by atoms with Gasteiger partial charge in [0.1, 0.15) is 5.60 Å². The van der Waals surface area contributed by atoms with Crippen LogP contribution in [0.4, 0.5) is 0 Å². The molecule has 1 saturated heterocycles. The quantitative estimate of drug-likeness (QED) is 0.188. The molecule has 5 heteroatoms. The molecule has 2 saturated carbocycles. The average molecular weight is 549 g/mol. The van der Waals surface area contributed by atoms with Gasteiger partial charge >= 0.3 is 0 Å². The normalized spacial score (nSPS) is 38.8. The van der Waals surface area contributed by atoms with Crippen molar-refractivity contribution in [2.75, 3.05) is 6.61 Å². The topological polar surface area (TPSA) is 31.0 Å². The van der Waals surface area contributed by atoms with Gasteiger partial charge in [0, 0.05) is 6.42 Å². The molecule has 2 unspecified atom stereocenters. The summed E-state index contributed by atoms with van der Waals surface area (Å²) in [6.45, 7) is 34.6. The summed E-state index contributed by atoms with van der Waals surface area (Å²) in [5, 5.41) is 0.400. The number of hydrogen-bond acceptors (Lipinski definition) is 3. The Hall–Kier alpha value is 0.0538. The number of allylic oxidation sites excluding steroid dienone is 2. The van der Waals surface area contributed by atoms with Gasteiger partial charge in [0.25, 0.3) is 0 Å². The first-order valence-electron chi connectivity index (χ1n) is 15.3. The molecule has 4 aliphatic rings. The molecule has 0 N–H and O–H groups in total. The van der Waals surface area contributed by atoms with Gasteiger partial charge in [-0.3, -0.25) is 0 Å². The van der Waals surface area contributed by atoms with E-state index in [1.807, 2.05) is 5.57 Å². The highest BCUT2D eigenvalue weighted by molar-refractivity contribution is 6.74. The van der Waals surface area contributed by atoms with Crippen LogP contribution in [-0.4, -0.2) is 41.1 Å². The summed E-state index contributed by atoms with van der Waals surface area (Å²) < 4.78 is 21.1. The van der Waals surface area contributed by atoms with E-state index in [9.17, 15) is 0 Å². The van der Waals surface area contributed by atoms with Gasteiger partial charge < -0.3 is 13.6 Å². The summed E-state index contributed by atoms with van der Waals surface area (Å²) in [4.78, 5) is 0. The lowest BCUT2D eigenvalue weighted by atomic mass is 9.54. The van der Waals surface area contributed by atoms with Crippen molar-refractivity contribution in [3.8, 4) is 0 Å². The molecule has 214 valence electrons. The van der Waals surface area contributed by atoms with Gasteiger partial charge in [0.05, 0.1) is 18.8 Å². The van der Waals surface area contributed by atoms with Gasteiger partial charge in [0.15, 0.2) is 16.6 Å². The zero-order chi connectivity index (χ0) is 28.0. The third-order valence-electron chi connectivity index (χ3n) is 12.3. The Labute approximate surface area is 232 Å². The fraction of sp³-hybridized carbons (Fsp3) is 0.938. The fourth-order valence-electron chi connectivity index (χ4n) is 7.26. The Balaban J connectivity index is 1.75. The minimum atomic E-state index is -1.97. The van der Waals surface area contributed by atoms with E-state index in [1.54, 1.807) is 5.57 Å². The minimum absolute atomic E-state index is 0.162. The lowest BCUT2D eigenvalue weighted by Crippen LogP contribution is -2.54. The van der Waals surface area contributed by atoms with E-state index < -0.39 is 16.6 Å². The summed E-state index contributed by atoms with van der Waals surface area (Å²) in [5.74, 6) is 1.19. The molecular weight excluding hydrogens is 489 g/mol. The van der Waals surface area contributed by atoms with Crippen LogP contribution in [0.25, 0.3) is 0 Å². The van der Waals surface area contributed by atoms with Crippen LogP contribution in [0.15, 0.2) is 11.1 Å². The average Bonchev–Trinajstić information content (AvgIpc) is 3.29. The molecular formula is C32H60O3Si2. The molecule has 3 fully saturated rings. The maximum Gasteiger partial charge on any atom is 0.192 e. The standard InChI is InChI=1S/C32H60O3Si2/c1-22(2)23-15-16-30(9)17-18-31(10)24(27(23)30)19-25-32(34-25,21-33-36(11,12)28(3,4)5)20-26(31)35-37(13,14)29(6,7)8/h22,24-26H,15-21H2,1-14H3/t24-,25?,26+,30+,31+,32?/m0/s1. The van der Waals surface area contributed by atoms with Crippen LogP contribution < -0.4 is 0 Å². The number of rotatable bonds is 6. The van der Waals surface area contributed by atoms with E-state index in [4.69, 9.17) is 13.6 Å². The van der Waals surface area contributed by atoms with Crippen LogP contribution in [0.2, 0.25) is 36.3 Å². The molecule has 0 aromatic carbocycles. The summed E-state index contributed by atoms with van der Waals surface area (Å²) in [6, 6.07) is 0. The summed E-state index contributed by atoms with van der Waals surface area (Å²) in [6.07, 6.45) is 7.87. The van der Waals surface area contributed by atoms with Gasteiger partial charge in [0.2, 0.25) is 0 Å². The Bertz CT molecular complexity index is 923. The van der Waals surface area contributed by atoms with Crippen LogP contribution in [0.1, 0.15) is 108 Å². The molecule has 1 heterocycles. The molecule has 0 amide bonds. The van der Waals surface area contributed by atoms with Crippen molar-refractivity contribution in [1.29, 1.82) is 0 Å². The van der Waals surface area contributed by atoms with Gasteiger partial charge in [-0.25, -0.2) is 0 Å². The second-order valence-electron chi connectivity index (χ2n) is 17.2. The van der Waals surface area contributed by atoms with Crippen LogP contribution in [0, 0.1) is 22.7 Å². The van der Waals surface area contributed by atoms with Crippen molar-refractivity contribution in [3.05, 3.63) is 11.1 Å². The van der Waals surface area contributed by atoms with E-state index in [0.29, 0.717) is 23.4 Å². The lowest BCUT2D eigenvalue weighted by molar-refractivity contribution is -0.0452. The minimum Gasteiger partial charge on any atom is -0.414 e. The number of hydrogen-bond donors (Lipinski definition) is 0. The molecule has 0 spiro atoms. The Morgan fingerprint density at radius 2 is 1.51 bits per heavy atom. The van der Waals surface area contributed by atoms with E-state index in [-0.39, 0.29) is 27.2 Å². The van der Waals surface area contributed by atoms with Crippen LogP contribution in [0.3, 0.4) is 0 Å². The van der Waals surface area contributed by atoms with Crippen molar-refractivity contribution in [1.82, 2.24) is 0 Å². The van der Waals surface area contributed by atoms with Crippen molar-refractivity contribution in [2.24, 2.45) is 22.7 Å². The summed E-state index contributed by atoms with van der Waals surface area (Å²) >= 11 is 0. The Morgan fingerprint density at radius 3 is 2.05 bits per heavy atom. The highest BCUT2D eigenvalue weighted by Crippen LogP contribution is 2.67. The highest BCUT2D eigenvalue weighted by Gasteiger charge is 2.67. The number of ether oxygens (including phenoxy) is 1. The maximum absolute atomic E-state index is 7.49. The molecule has 0 aromatic rings. The van der Waals surface area contributed by atoms with Crippen LogP contribution in [0.5, 0.6) is 0 Å². The van der Waals surface area contributed by atoms with E-state index in [1.165, 1.54) is 25.7 Å². The molecule has 37 heavy (non-hydrogen) atoms. The molecule has 0 radical (unpaired) electrons. The summed E-state index contributed by atoms with van der Waals surface area (Å²) in [7, 11) is -3.83. The van der Waals surface area contributed by atoms with Crippen LogP contribution >= 0.6 is 0 Å². The van der Waals surface area contributed by atoms with Crippen molar-refractivity contribution < 1.29 is 13.6 Å². The SMILES string of the molecule is CC(C)C1=C2[C@@H]3CC4OC4(CO[Si](C)(C)C(C)(C)C)C[C@@H](O[Si](C)(C)C(C)(C)C)[C@]3(C)CC[C@@]2(C)CC1. The van der Waals surface area contributed by atoms with Gasteiger partial charge in [-0.05, 0) is 91.0 Å². The summed E-state index contributed by atoms with van der Waals surface area (Å²) in [5.41, 5.74) is 3.93. The first kappa shape index (κ1) is 30.0. The third-order valence-corrected chi connectivity index (χ3v) is 21.3. The first-order chi connectivity index (χ1) is 16.6. The maximum atomic E-state index is 7.49. The van der Waals surface area contributed by atoms with E-state index in [0.717, 1.165) is 19.4 Å². The Morgan fingerprint density at radius 1 is 0.919 bits per heavy atom. The second-order valence-corrected chi connectivity index (χ2v) is 26.8. The van der Waals surface area contributed by atoms with Crippen LogP contribution in [-0.2, 0) is 13.6 Å².